The zero-order valence-corrected chi connectivity index (χ0v) is 23.2. The number of hydrogen-bond acceptors (Lipinski definition) is 6. The Balaban J connectivity index is 1.56. The number of ether oxygens (including phenoxy) is 3. The predicted molar refractivity (Wildman–Crippen MR) is 148 cm³/mol. The highest BCUT2D eigenvalue weighted by molar-refractivity contribution is 6.46. The van der Waals surface area contributed by atoms with Crippen molar-refractivity contribution in [3.63, 3.8) is 0 Å². The number of benzene rings is 2. The molecular formula is C31H36N3O6+. The number of carbonyl (C=O) groups is 2. The summed E-state index contributed by atoms with van der Waals surface area (Å²) in [6.45, 7) is 7.86. The lowest BCUT2D eigenvalue weighted by atomic mass is 9.94. The first-order valence-corrected chi connectivity index (χ1v) is 13.9. The van der Waals surface area contributed by atoms with Crippen molar-refractivity contribution in [3.05, 3.63) is 77.4 Å². The number of ketones is 1. The second kappa shape index (κ2) is 11.9. The molecule has 2 aliphatic rings. The van der Waals surface area contributed by atoms with Crippen molar-refractivity contribution >= 4 is 17.4 Å². The molecule has 0 bridgehead atoms. The van der Waals surface area contributed by atoms with Gasteiger partial charge in [0.25, 0.3) is 11.7 Å². The maximum absolute atomic E-state index is 13.5. The number of Topliss-reactive ketones (excluding diaryl/α,β-unsaturated/α-hetero) is 1. The molecule has 0 saturated carbocycles. The molecule has 210 valence electrons. The van der Waals surface area contributed by atoms with Crippen LogP contribution in [0.4, 0.5) is 0 Å². The van der Waals surface area contributed by atoms with Crippen molar-refractivity contribution < 1.29 is 33.5 Å². The maximum Gasteiger partial charge on any atom is 0.295 e. The van der Waals surface area contributed by atoms with Crippen molar-refractivity contribution in [2.75, 3.05) is 19.8 Å². The number of likely N-dealkylation sites (tertiary alicyclic amines) is 1. The topological polar surface area (TPSA) is 105 Å². The second-order valence-corrected chi connectivity index (χ2v) is 10.1. The molecule has 3 aromatic rings. The molecule has 2 atom stereocenters. The van der Waals surface area contributed by atoms with Crippen LogP contribution in [0.3, 0.4) is 0 Å². The molecule has 2 unspecified atom stereocenters. The van der Waals surface area contributed by atoms with Crippen molar-refractivity contribution in [1.29, 1.82) is 0 Å². The molecule has 1 fully saturated rings. The number of aromatic amines is 1. The summed E-state index contributed by atoms with van der Waals surface area (Å²) in [6, 6.07) is 10.0. The van der Waals surface area contributed by atoms with Gasteiger partial charge < -0.3 is 24.2 Å². The number of hydrogen-bond donors (Lipinski definition) is 2. The highest BCUT2D eigenvalue weighted by Crippen LogP contribution is 2.43. The number of amides is 1. The van der Waals surface area contributed by atoms with E-state index >= 15 is 0 Å². The SMILES string of the molecule is CCCOc1ccc(C2/C(=C(\O)c3ccc4c(c3)CC(C)O4)C(=O)C(=O)N2CCC[n+]2cc[nH]c2)cc1OCC. The van der Waals surface area contributed by atoms with Crippen molar-refractivity contribution in [3.8, 4) is 17.2 Å². The fraction of sp³-hybridized carbons (Fsp3) is 0.387. The van der Waals surface area contributed by atoms with Crippen molar-refractivity contribution in [2.45, 2.75) is 58.7 Å². The first-order chi connectivity index (χ1) is 19.4. The lowest BCUT2D eigenvalue weighted by molar-refractivity contribution is -0.695. The average molecular weight is 547 g/mol. The summed E-state index contributed by atoms with van der Waals surface area (Å²) >= 11 is 0. The van der Waals surface area contributed by atoms with Crippen LogP contribution in [0, 0.1) is 0 Å². The Morgan fingerprint density at radius 3 is 2.75 bits per heavy atom. The summed E-state index contributed by atoms with van der Waals surface area (Å²) in [5.41, 5.74) is 2.17. The van der Waals surface area contributed by atoms with Gasteiger partial charge in [-0.1, -0.05) is 13.0 Å². The van der Waals surface area contributed by atoms with Crippen LogP contribution in [0.2, 0.25) is 0 Å². The summed E-state index contributed by atoms with van der Waals surface area (Å²) < 4.78 is 19.5. The van der Waals surface area contributed by atoms with Crippen LogP contribution >= 0.6 is 0 Å². The molecule has 1 aromatic heterocycles. The minimum atomic E-state index is -0.779. The molecule has 40 heavy (non-hydrogen) atoms. The van der Waals surface area contributed by atoms with Gasteiger partial charge in [0.1, 0.15) is 30.0 Å². The van der Waals surface area contributed by atoms with Crippen molar-refractivity contribution in [1.82, 2.24) is 9.88 Å². The predicted octanol–water partition coefficient (Wildman–Crippen LogP) is 4.33. The monoisotopic (exact) mass is 546 g/mol. The third-order valence-electron chi connectivity index (χ3n) is 7.17. The number of carbonyl (C=O) groups excluding carboxylic acids is 2. The fourth-order valence-electron chi connectivity index (χ4n) is 5.36. The Kier molecular flexibility index (Phi) is 8.09. The van der Waals surface area contributed by atoms with Crippen LogP contribution in [-0.4, -0.2) is 52.5 Å². The van der Waals surface area contributed by atoms with Crippen LogP contribution in [-0.2, 0) is 22.6 Å². The average Bonchev–Trinajstić information content (AvgIpc) is 3.66. The largest absolute Gasteiger partial charge is 0.507 e. The lowest BCUT2D eigenvalue weighted by Gasteiger charge is -2.26. The molecule has 3 heterocycles. The van der Waals surface area contributed by atoms with Gasteiger partial charge in [-0.25, -0.2) is 4.57 Å². The van der Waals surface area contributed by atoms with Gasteiger partial charge in [0.2, 0.25) is 6.33 Å². The highest BCUT2D eigenvalue weighted by atomic mass is 16.5. The smallest absolute Gasteiger partial charge is 0.295 e. The Morgan fingerprint density at radius 1 is 1.15 bits per heavy atom. The van der Waals surface area contributed by atoms with E-state index in [1.807, 2.05) is 62.3 Å². The van der Waals surface area contributed by atoms with Crippen molar-refractivity contribution in [2.24, 2.45) is 0 Å². The Hall–Kier alpha value is -4.27. The van der Waals surface area contributed by atoms with E-state index in [1.54, 1.807) is 23.1 Å². The van der Waals surface area contributed by atoms with Gasteiger partial charge in [-0.2, -0.15) is 0 Å². The molecule has 0 aliphatic carbocycles. The first kappa shape index (κ1) is 27.3. The first-order valence-electron chi connectivity index (χ1n) is 13.9. The van der Waals surface area contributed by atoms with E-state index in [-0.39, 0.29) is 17.4 Å². The van der Waals surface area contributed by atoms with Gasteiger partial charge in [0.05, 0.1) is 31.4 Å². The van der Waals surface area contributed by atoms with Crippen LogP contribution in [0.5, 0.6) is 17.2 Å². The number of H-pyrrole nitrogens is 1. The Morgan fingerprint density at radius 2 is 2.00 bits per heavy atom. The zero-order chi connectivity index (χ0) is 28.2. The summed E-state index contributed by atoms with van der Waals surface area (Å²) in [4.78, 5) is 31.5. The number of fused-ring (bicyclic) bond motifs is 1. The zero-order valence-electron chi connectivity index (χ0n) is 23.2. The molecule has 9 heteroatoms. The molecule has 1 saturated heterocycles. The van der Waals surface area contributed by atoms with Gasteiger partial charge in [-0.05, 0) is 61.7 Å². The summed E-state index contributed by atoms with van der Waals surface area (Å²) in [7, 11) is 0. The molecule has 5 rings (SSSR count). The standard InChI is InChI=1S/C31H35N3O6/c1-4-15-39-25-10-7-21(18-26(25)38-5-2)28-27(29(35)22-8-9-24-23(17-22)16-20(3)40-24)30(36)31(37)34(28)13-6-12-33-14-11-32-19-33/h7-11,14,17-20,28H,4-6,12-13,15-16H2,1-3H3,(H,35,36)/p+1. The molecule has 9 nitrogen and oxygen atoms in total. The molecule has 2 aliphatic heterocycles. The van der Waals surface area contributed by atoms with Gasteiger partial charge >= 0.3 is 0 Å². The van der Waals surface area contributed by atoms with Gasteiger partial charge in [-0.15, -0.1) is 0 Å². The minimum Gasteiger partial charge on any atom is -0.507 e. The molecule has 2 aromatic carbocycles. The lowest BCUT2D eigenvalue weighted by Crippen LogP contribution is -2.36. The number of aromatic nitrogens is 2. The van der Waals surface area contributed by atoms with E-state index in [0.29, 0.717) is 61.8 Å². The number of aryl methyl sites for hydroxylation is 1. The van der Waals surface area contributed by atoms with E-state index < -0.39 is 17.7 Å². The highest BCUT2D eigenvalue weighted by Gasteiger charge is 2.46. The van der Waals surface area contributed by atoms with Crippen LogP contribution in [0.25, 0.3) is 5.76 Å². The number of aliphatic hydroxyl groups excluding tert-OH is 1. The van der Waals surface area contributed by atoms with Gasteiger partial charge in [0.15, 0.2) is 11.5 Å². The van der Waals surface area contributed by atoms with E-state index in [1.165, 1.54) is 0 Å². The molecule has 0 radical (unpaired) electrons. The molecular weight excluding hydrogens is 510 g/mol. The summed E-state index contributed by atoms with van der Waals surface area (Å²) in [6.07, 6.45) is 7.80. The van der Waals surface area contributed by atoms with Crippen LogP contribution in [0.1, 0.15) is 56.3 Å². The quantitative estimate of drug-likeness (QED) is 0.161. The van der Waals surface area contributed by atoms with E-state index in [2.05, 4.69) is 4.98 Å². The minimum absolute atomic E-state index is 0.0429. The van der Waals surface area contributed by atoms with Crippen LogP contribution < -0.4 is 18.8 Å². The Labute approximate surface area is 234 Å². The molecule has 2 N–H and O–H groups in total. The van der Waals surface area contributed by atoms with E-state index in [4.69, 9.17) is 14.2 Å². The van der Waals surface area contributed by atoms with Crippen LogP contribution in [0.15, 0.2) is 60.7 Å². The van der Waals surface area contributed by atoms with Gasteiger partial charge in [-0.3, -0.25) is 14.6 Å². The number of nitrogens with one attached hydrogen (secondary N) is 1. The molecule has 1 amide bonds. The number of imidazole rings is 1. The normalized spacial score (nSPS) is 19.5. The second-order valence-electron chi connectivity index (χ2n) is 10.1. The van der Waals surface area contributed by atoms with E-state index in [0.717, 1.165) is 17.7 Å². The number of aliphatic hydroxyl groups is 1. The third-order valence-corrected chi connectivity index (χ3v) is 7.17. The molecule has 0 spiro atoms. The fourth-order valence-corrected chi connectivity index (χ4v) is 5.36. The van der Waals surface area contributed by atoms with Gasteiger partial charge in [0, 0.05) is 24.9 Å². The third kappa shape index (κ3) is 5.41. The number of rotatable bonds is 11. The Bertz CT molecular complexity index is 1410. The summed E-state index contributed by atoms with van der Waals surface area (Å²) in [5, 5.41) is 11.5. The van der Waals surface area contributed by atoms with E-state index in [9.17, 15) is 14.7 Å². The summed E-state index contributed by atoms with van der Waals surface area (Å²) in [5.74, 6) is 0.371. The number of nitrogens with zero attached hydrogens (tertiary/aromatic N) is 2. The maximum atomic E-state index is 13.5.